The third-order valence-electron chi connectivity index (χ3n) is 0.852. The molecule has 0 aliphatic rings. The van der Waals surface area contributed by atoms with E-state index in [1.807, 2.05) is 0 Å². The summed E-state index contributed by atoms with van der Waals surface area (Å²) in [7, 11) is 0. The average molecular weight is 131 g/mol. The lowest BCUT2D eigenvalue weighted by molar-refractivity contribution is 0.480. The van der Waals surface area contributed by atoms with Crippen molar-refractivity contribution in [2.45, 2.75) is 6.92 Å². The molecule has 0 aromatic heterocycles. The Morgan fingerprint density at radius 1 is 1.44 bits per heavy atom. The van der Waals surface area contributed by atoms with Crippen LogP contribution in [0.5, 0.6) is 0 Å². The van der Waals surface area contributed by atoms with E-state index in [1.54, 1.807) is 6.92 Å². The molecule has 0 aliphatic heterocycles. The molecule has 0 aliphatic carbocycles. The summed E-state index contributed by atoms with van der Waals surface area (Å²) in [5.41, 5.74) is 15.1. The molecule has 0 spiro atoms. The summed E-state index contributed by atoms with van der Waals surface area (Å²) in [5.74, 6) is -0.246. The highest BCUT2D eigenvalue weighted by Gasteiger charge is 1.92. The lowest BCUT2D eigenvalue weighted by Crippen LogP contribution is -2.28. The first-order valence-electron chi connectivity index (χ1n) is 2.55. The van der Waals surface area contributed by atoms with Crippen molar-refractivity contribution < 1.29 is 0 Å². The predicted molar refractivity (Wildman–Crippen MR) is 35.3 cm³/mol. The van der Waals surface area contributed by atoms with Crippen LogP contribution in [0.15, 0.2) is 11.6 Å². The number of hydrogen-bond donors (Lipinski definition) is 3. The van der Waals surface area contributed by atoms with Crippen LogP contribution in [0.1, 0.15) is 6.92 Å². The van der Waals surface area contributed by atoms with Gasteiger partial charge in [-0.15, -0.1) is 0 Å². The predicted octanol–water partition coefficient (Wildman–Crippen LogP) is -1.19. The Labute approximate surface area is 53.7 Å². The van der Waals surface area contributed by atoms with Crippen LogP contribution in [0, 0.1) is 5.21 Å². The molecule has 0 heterocycles. The number of rotatable bonds is 2. The highest BCUT2D eigenvalue weighted by molar-refractivity contribution is 5.02. The Morgan fingerprint density at radius 3 is 2.00 bits per heavy atom. The van der Waals surface area contributed by atoms with E-state index < -0.39 is 0 Å². The Bertz CT molecular complexity index is 118. The maximum atomic E-state index is 10.5. The second-order valence-corrected chi connectivity index (χ2v) is 1.54. The second kappa shape index (κ2) is 3.03. The molecular formula is C4H11N4O-. The Balaban J connectivity index is 4.02. The zero-order valence-electron chi connectivity index (χ0n) is 5.29. The molecule has 0 aromatic carbocycles. The van der Waals surface area contributed by atoms with Gasteiger partial charge in [-0.1, -0.05) is 0 Å². The summed E-state index contributed by atoms with van der Waals surface area (Å²) in [6.45, 7) is 1.91. The van der Waals surface area contributed by atoms with Gasteiger partial charge in [0.05, 0.1) is 0 Å². The number of hydroxylamine groups is 2. The van der Waals surface area contributed by atoms with Gasteiger partial charge in [0.15, 0.2) is 0 Å². The van der Waals surface area contributed by atoms with Crippen molar-refractivity contribution >= 4 is 0 Å². The molecule has 0 atom stereocenters. The van der Waals surface area contributed by atoms with E-state index in [0.29, 0.717) is 5.06 Å². The van der Waals surface area contributed by atoms with E-state index in [-0.39, 0.29) is 18.2 Å². The molecule has 9 heavy (non-hydrogen) atoms. The summed E-state index contributed by atoms with van der Waals surface area (Å²) >= 11 is 0. The van der Waals surface area contributed by atoms with E-state index >= 15 is 0 Å². The Morgan fingerprint density at radius 2 is 1.89 bits per heavy atom. The van der Waals surface area contributed by atoms with E-state index in [4.69, 9.17) is 17.2 Å². The molecule has 0 fully saturated rings. The van der Waals surface area contributed by atoms with Gasteiger partial charge in [0, 0.05) is 6.54 Å². The summed E-state index contributed by atoms with van der Waals surface area (Å²) < 4.78 is 0. The first-order valence-corrected chi connectivity index (χ1v) is 2.55. The van der Waals surface area contributed by atoms with Gasteiger partial charge >= 0.3 is 0 Å². The highest BCUT2D eigenvalue weighted by atomic mass is 16.5. The van der Waals surface area contributed by atoms with Gasteiger partial charge in [-0.05, 0) is 6.92 Å². The fourth-order valence-electron chi connectivity index (χ4n) is 0.314. The number of nitrogens with two attached hydrogens (primary N) is 3. The van der Waals surface area contributed by atoms with E-state index in [0.717, 1.165) is 0 Å². The quantitative estimate of drug-likeness (QED) is 0.409. The fraction of sp³-hybridized carbons (Fsp3) is 0.500. The highest BCUT2D eigenvalue weighted by Crippen LogP contribution is 1.92. The molecule has 0 unspecified atom stereocenters. The van der Waals surface area contributed by atoms with E-state index in [2.05, 4.69) is 0 Å². The largest absolute Gasteiger partial charge is 0.757 e. The minimum Gasteiger partial charge on any atom is -0.757 e. The van der Waals surface area contributed by atoms with Crippen LogP contribution in [0.2, 0.25) is 0 Å². The van der Waals surface area contributed by atoms with Crippen molar-refractivity contribution in [3.8, 4) is 0 Å². The molecule has 0 saturated carbocycles. The van der Waals surface area contributed by atoms with Crippen LogP contribution in [0.4, 0.5) is 0 Å². The van der Waals surface area contributed by atoms with Gasteiger partial charge in [-0.25, -0.2) is 0 Å². The molecule has 5 heteroatoms. The van der Waals surface area contributed by atoms with Crippen molar-refractivity contribution in [2.75, 3.05) is 6.54 Å². The maximum absolute atomic E-state index is 10.5. The van der Waals surface area contributed by atoms with Crippen LogP contribution < -0.4 is 17.2 Å². The Hall–Kier alpha value is -1.10. The first-order chi connectivity index (χ1) is 4.09. The second-order valence-electron chi connectivity index (χ2n) is 1.54. The smallest absolute Gasteiger partial charge is 0.134 e. The van der Waals surface area contributed by atoms with Gasteiger partial charge in [0.1, 0.15) is 11.6 Å². The molecule has 6 N–H and O–H groups in total. The summed E-state index contributed by atoms with van der Waals surface area (Å²) in [6.07, 6.45) is 0. The monoisotopic (exact) mass is 131 g/mol. The average Bonchev–Trinajstić information content (AvgIpc) is 1.84. The van der Waals surface area contributed by atoms with Gasteiger partial charge in [0.25, 0.3) is 0 Å². The molecule has 54 valence electrons. The molecule has 0 aromatic rings. The van der Waals surface area contributed by atoms with Gasteiger partial charge in [-0.2, -0.15) is 0 Å². The molecule has 0 radical (unpaired) electrons. The standard InChI is InChI=1S/C4H11N4O/c1-2-8(9)4(7)3(5)6/h2,5-7H2,1H3/q-1. The van der Waals surface area contributed by atoms with Crippen molar-refractivity contribution in [1.82, 2.24) is 5.06 Å². The van der Waals surface area contributed by atoms with Gasteiger partial charge < -0.3 is 27.5 Å². The molecule has 0 saturated heterocycles. The van der Waals surface area contributed by atoms with Crippen molar-refractivity contribution in [3.63, 3.8) is 0 Å². The third kappa shape index (κ3) is 2.09. The summed E-state index contributed by atoms with van der Waals surface area (Å²) in [5, 5.41) is 11.1. The fourth-order valence-corrected chi connectivity index (χ4v) is 0.314. The lowest BCUT2D eigenvalue weighted by Gasteiger charge is -2.28. The van der Waals surface area contributed by atoms with Gasteiger partial charge in [0.2, 0.25) is 0 Å². The summed E-state index contributed by atoms with van der Waals surface area (Å²) in [4.78, 5) is 0. The molecule has 5 nitrogen and oxygen atoms in total. The minimum atomic E-state index is -0.133. The lowest BCUT2D eigenvalue weighted by atomic mass is 10.6. The molecule has 0 amide bonds. The van der Waals surface area contributed by atoms with Crippen molar-refractivity contribution in [3.05, 3.63) is 16.8 Å². The van der Waals surface area contributed by atoms with Gasteiger partial charge in [-0.3, -0.25) is 0 Å². The zero-order chi connectivity index (χ0) is 7.44. The van der Waals surface area contributed by atoms with Crippen LogP contribution in [-0.4, -0.2) is 11.6 Å². The molecule has 0 rings (SSSR count). The topological polar surface area (TPSA) is 104 Å². The number of nitrogens with zero attached hydrogens (tertiary/aromatic N) is 1. The molecule has 0 bridgehead atoms. The van der Waals surface area contributed by atoms with Crippen LogP contribution in [-0.2, 0) is 0 Å². The maximum Gasteiger partial charge on any atom is 0.134 e. The van der Waals surface area contributed by atoms with Crippen LogP contribution in [0.3, 0.4) is 0 Å². The molecular weight excluding hydrogens is 120 g/mol. The number of hydrogen-bond acceptors (Lipinski definition) is 5. The van der Waals surface area contributed by atoms with Crippen LogP contribution in [0.25, 0.3) is 0 Å². The normalized spacial score (nSPS) is 8.67. The van der Waals surface area contributed by atoms with Crippen LogP contribution >= 0.6 is 0 Å². The first kappa shape index (κ1) is 7.90. The van der Waals surface area contributed by atoms with E-state index in [9.17, 15) is 5.21 Å². The van der Waals surface area contributed by atoms with E-state index in [1.165, 1.54) is 0 Å². The SMILES string of the molecule is CCN([O-])C(N)=C(N)N. The minimum absolute atomic E-state index is 0.113. The summed E-state index contributed by atoms with van der Waals surface area (Å²) in [6, 6.07) is 0. The zero-order valence-corrected chi connectivity index (χ0v) is 5.29. The van der Waals surface area contributed by atoms with Crippen molar-refractivity contribution in [2.24, 2.45) is 17.2 Å². The van der Waals surface area contributed by atoms with Crippen molar-refractivity contribution in [1.29, 1.82) is 0 Å². The Kier molecular flexibility index (Phi) is 2.66. The third-order valence-corrected chi connectivity index (χ3v) is 0.852.